The number of amides is 1. The second-order valence-corrected chi connectivity index (χ2v) is 6.82. The largest absolute Gasteiger partial charge is 0.495 e. The van der Waals surface area contributed by atoms with Crippen LogP contribution in [0.3, 0.4) is 0 Å². The minimum atomic E-state index is 0.0997. The van der Waals surface area contributed by atoms with Crippen LogP contribution in [0.1, 0.15) is 24.5 Å². The normalized spacial score (nSPS) is 13.1. The highest BCUT2D eigenvalue weighted by molar-refractivity contribution is 5.83. The first-order valence-corrected chi connectivity index (χ1v) is 9.49. The van der Waals surface area contributed by atoms with Gasteiger partial charge in [-0.1, -0.05) is 24.3 Å². The van der Waals surface area contributed by atoms with Crippen LogP contribution in [0.25, 0.3) is 0 Å². The summed E-state index contributed by atoms with van der Waals surface area (Å²) >= 11 is 0. The maximum Gasteiger partial charge on any atom is 0.242 e. The van der Waals surface area contributed by atoms with Gasteiger partial charge >= 0.3 is 0 Å². The van der Waals surface area contributed by atoms with Crippen LogP contribution in [0, 0.1) is 0 Å². The highest BCUT2D eigenvalue weighted by Crippen LogP contribution is 2.35. The Morgan fingerprint density at radius 1 is 1.19 bits per heavy atom. The van der Waals surface area contributed by atoms with Crippen molar-refractivity contribution in [3.05, 3.63) is 53.6 Å². The summed E-state index contributed by atoms with van der Waals surface area (Å²) < 4.78 is 11.0. The van der Waals surface area contributed by atoms with Crippen LogP contribution in [0.4, 0.5) is 5.69 Å². The van der Waals surface area contributed by atoms with E-state index in [1.807, 2.05) is 50.4 Å². The summed E-state index contributed by atoms with van der Waals surface area (Å²) in [7, 11) is 3.54. The van der Waals surface area contributed by atoms with Gasteiger partial charge in [-0.05, 0) is 49.1 Å². The van der Waals surface area contributed by atoms with Crippen molar-refractivity contribution in [1.29, 1.82) is 0 Å². The molecule has 0 N–H and O–H groups in total. The topological polar surface area (TPSA) is 42.0 Å². The van der Waals surface area contributed by atoms with E-state index >= 15 is 0 Å². The Bertz CT molecular complexity index is 759. The summed E-state index contributed by atoms with van der Waals surface area (Å²) in [6.07, 6.45) is 2.08. The van der Waals surface area contributed by atoms with Crippen molar-refractivity contribution < 1.29 is 14.3 Å². The number of rotatable bonds is 7. The Hall–Kier alpha value is -2.69. The van der Waals surface area contributed by atoms with E-state index < -0.39 is 0 Å². The number of anilines is 1. The first-order valence-electron chi connectivity index (χ1n) is 9.49. The Balaban J connectivity index is 1.65. The number of carbonyl (C=O) groups is 1. The molecule has 3 rings (SSSR count). The summed E-state index contributed by atoms with van der Waals surface area (Å²) in [4.78, 5) is 16.7. The quantitative estimate of drug-likeness (QED) is 0.750. The second-order valence-electron chi connectivity index (χ2n) is 6.82. The zero-order valence-corrected chi connectivity index (χ0v) is 16.4. The Morgan fingerprint density at radius 3 is 2.67 bits per heavy atom. The standard InChI is InChI=1S/C22H28N2O3/c1-4-27-19-12-10-17(11-13-19)15-23(2)21(25)16-24-14-6-8-18-7-5-9-20(26-3)22(18)24/h5,7,9-13H,4,6,8,14-16H2,1-3H3. The van der Waals surface area contributed by atoms with Crippen molar-refractivity contribution in [1.82, 2.24) is 4.90 Å². The van der Waals surface area contributed by atoms with Crippen LogP contribution in [0.2, 0.25) is 0 Å². The molecule has 1 aliphatic rings. The van der Waals surface area contributed by atoms with Gasteiger partial charge in [-0.3, -0.25) is 4.79 Å². The monoisotopic (exact) mass is 368 g/mol. The number of likely N-dealkylation sites (N-methyl/N-ethyl adjacent to an activating group) is 1. The minimum absolute atomic E-state index is 0.0997. The smallest absolute Gasteiger partial charge is 0.242 e. The number of nitrogens with zero attached hydrogens (tertiary/aromatic N) is 2. The maximum absolute atomic E-state index is 12.8. The third-order valence-electron chi connectivity index (χ3n) is 4.90. The highest BCUT2D eigenvalue weighted by atomic mass is 16.5. The SMILES string of the molecule is CCOc1ccc(CN(C)C(=O)CN2CCCc3cccc(OC)c32)cc1. The van der Waals surface area contributed by atoms with E-state index in [9.17, 15) is 4.79 Å². The molecule has 1 aliphatic heterocycles. The Labute approximate surface area is 161 Å². The van der Waals surface area contributed by atoms with Crippen molar-refractivity contribution in [2.45, 2.75) is 26.3 Å². The highest BCUT2D eigenvalue weighted by Gasteiger charge is 2.23. The maximum atomic E-state index is 12.8. The van der Waals surface area contributed by atoms with E-state index in [-0.39, 0.29) is 5.91 Å². The Morgan fingerprint density at radius 2 is 1.96 bits per heavy atom. The first kappa shape index (κ1) is 19.1. The van der Waals surface area contributed by atoms with Gasteiger partial charge in [0, 0.05) is 20.1 Å². The van der Waals surface area contributed by atoms with Crippen molar-refractivity contribution in [3.63, 3.8) is 0 Å². The number of hydrogen-bond acceptors (Lipinski definition) is 4. The lowest BCUT2D eigenvalue weighted by Crippen LogP contribution is -2.40. The number of hydrogen-bond donors (Lipinski definition) is 0. The molecule has 0 aromatic heterocycles. The van der Waals surface area contributed by atoms with Crippen LogP contribution in [0.15, 0.2) is 42.5 Å². The number of aryl methyl sites for hydroxylation is 1. The molecule has 0 aliphatic carbocycles. The van der Waals surface area contributed by atoms with Gasteiger partial charge in [0.2, 0.25) is 5.91 Å². The fraction of sp³-hybridized carbons (Fsp3) is 0.409. The van der Waals surface area contributed by atoms with Crippen molar-refractivity contribution in [2.75, 3.05) is 38.8 Å². The zero-order chi connectivity index (χ0) is 19.2. The van der Waals surface area contributed by atoms with Crippen LogP contribution < -0.4 is 14.4 Å². The van der Waals surface area contributed by atoms with Crippen molar-refractivity contribution >= 4 is 11.6 Å². The summed E-state index contributed by atoms with van der Waals surface area (Å²) in [5, 5.41) is 0. The molecular weight excluding hydrogens is 340 g/mol. The minimum Gasteiger partial charge on any atom is -0.495 e. The molecule has 0 spiro atoms. The second kappa shape index (κ2) is 8.80. The van der Waals surface area contributed by atoms with Crippen LogP contribution in [-0.2, 0) is 17.8 Å². The molecule has 27 heavy (non-hydrogen) atoms. The predicted molar refractivity (Wildman–Crippen MR) is 108 cm³/mol. The van der Waals surface area contributed by atoms with Gasteiger partial charge in [-0.2, -0.15) is 0 Å². The van der Waals surface area contributed by atoms with E-state index in [0.717, 1.165) is 42.1 Å². The molecule has 0 saturated carbocycles. The van der Waals surface area contributed by atoms with E-state index in [2.05, 4.69) is 11.0 Å². The third kappa shape index (κ3) is 4.54. The average molecular weight is 368 g/mol. The first-order chi connectivity index (χ1) is 13.1. The lowest BCUT2D eigenvalue weighted by atomic mass is 10.0. The summed E-state index contributed by atoms with van der Waals surface area (Å²) in [6.45, 7) is 4.43. The Kier molecular flexibility index (Phi) is 6.22. The molecule has 0 saturated heterocycles. The predicted octanol–water partition coefficient (Wildman–Crippen LogP) is 3.51. The fourth-order valence-electron chi connectivity index (χ4n) is 3.53. The van der Waals surface area contributed by atoms with Crippen molar-refractivity contribution in [3.8, 4) is 11.5 Å². The lowest BCUT2D eigenvalue weighted by Gasteiger charge is -2.33. The molecule has 144 valence electrons. The van der Waals surface area contributed by atoms with Gasteiger partial charge in [0.05, 0.1) is 25.9 Å². The van der Waals surface area contributed by atoms with Crippen LogP contribution in [0.5, 0.6) is 11.5 Å². The molecule has 0 bridgehead atoms. The molecule has 5 nitrogen and oxygen atoms in total. The van der Waals surface area contributed by atoms with Gasteiger partial charge in [0.15, 0.2) is 0 Å². The van der Waals surface area contributed by atoms with Gasteiger partial charge in [-0.15, -0.1) is 0 Å². The number of methoxy groups -OCH3 is 1. The van der Waals surface area contributed by atoms with Gasteiger partial charge in [-0.25, -0.2) is 0 Å². The molecule has 5 heteroatoms. The van der Waals surface area contributed by atoms with Gasteiger partial charge in [0.1, 0.15) is 11.5 Å². The molecular formula is C22H28N2O3. The molecule has 0 unspecified atom stereocenters. The van der Waals surface area contributed by atoms with Gasteiger partial charge in [0.25, 0.3) is 0 Å². The number of para-hydroxylation sites is 1. The van der Waals surface area contributed by atoms with E-state index in [4.69, 9.17) is 9.47 Å². The van der Waals surface area contributed by atoms with E-state index in [0.29, 0.717) is 19.7 Å². The molecule has 1 amide bonds. The number of ether oxygens (including phenoxy) is 2. The molecule has 0 atom stereocenters. The number of fused-ring (bicyclic) bond motifs is 1. The summed E-state index contributed by atoms with van der Waals surface area (Å²) in [5.41, 5.74) is 3.41. The number of benzene rings is 2. The number of carbonyl (C=O) groups excluding carboxylic acids is 1. The van der Waals surface area contributed by atoms with Crippen molar-refractivity contribution in [2.24, 2.45) is 0 Å². The third-order valence-corrected chi connectivity index (χ3v) is 4.90. The molecule has 2 aromatic carbocycles. The average Bonchev–Trinajstić information content (AvgIpc) is 2.69. The zero-order valence-electron chi connectivity index (χ0n) is 16.4. The summed E-state index contributed by atoms with van der Waals surface area (Å²) in [6, 6.07) is 14.0. The molecule has 0 fully saturated rings. The summed E-state index contributed by atoms with van der Waals surface area (Å²) in [5.74, 6) is 1.80. The molecule has 2 aromatic rings. The van der Waals surface area contributed by atoms with E-state index in [1.165, 1.54) is 5.56 Å². The lowest BCUT2D eigenvalue weighted by molar-refractivity contribution is -0.129. The van der Waals surface area contributed by atoms with Crippen LogP contribution in [-0.4, -0.2) is 44.7 Å². The van der Waals surface area contributed by atoms with E-state index in [1.54, 1.807) is 12.0 Å². The molecule has 0 radical (unpaired) electrons. The molecule has 1 heterocycles. The fourth-order valence-corrected chi connectivity index (χ4v) is 3.53. The van der Waals surface area contributed by atoms with Crippen LogP contribution >= 0.6 is 0 Å². The van der Waals surface area contributed by atoms with Gasteiger partial charge < -0.3 is 19.3 Å².